The van der Waals surface area contributed by atoms with E-state index in [9.17, 15) is 4.79 Å². The van der Waals surface area contributed by atoms with Crippen LogP contribution in [0.25, 0.3) is 0 Å². The van der Waals surface area contributed by atoms with E-state index in [4.69, 9.17) is 0 Å². The van der Waals surface area contributed by atoms with Crippen LogP contribution in [0.1, 0.15) is 11.3 Å². The van der Waals surface area contributed by atoms with Crippen LogP contribution >= 0.6 is 24.8 Å². The number of fused-ring (bicyclic) bond motifs is 1. The number of rotatable bonds is 0. The lowest BCUT2D eigenvalue weighted by molar-refractivity contribution is 0.632. The van der Waals surface area contributed by atoms with E-state index >= 15 is 0 Å². The third-order valence-electron chi connectivity index (χ3n) is 1.82. The summed E-state index contributed by atoms with van der Waals surface area (Å²) in [6, 6.07) is 0. The van der Waals surface area contributed by atoms with E-state index in [-0.39, 0.29) is 30.4 Å². The Hall–Kier alpha value is -0.450. The maximum atomic E-state index is 10.9. The quantitative estimate of drug-likeness (QED) is 0.575. The van der Waals surface area contributed by atoms with Crippen molar-refractivity contribution in [1.29, 1.82) is 0 Å². The van der Waals surface area contributed by atoms with E-state index in [1.54, 1.807) is 0 Å². The number of H-pyrrole nitrogens is 2. The minimum Gasteiger partial charge on any atom is -0.311 e. The first-order valence-electron chi connectivity index (χ1n) is 3.37. The van der Waals surface area contributed by atoms with Crippen LogP contribution in [0.15, 0.2) is 4.79 Å². The molecule has 1 aliphatic rings. The smallest absolute Gasteiger partial charge is 0.267 e. The molecular formula is C6H11Cl2N3O. The number of aromatic nitrogens is 2. The molecule has 0 aromatic carbocycles. The second kappa shape index (κ2) is 4.54. The zero-order valence-electron chi connectivity index (χ0n) is 6.35. The van der Waals surface area contributed by atoms with Crippen LogP contribution in [-0.4, -0.2) is 16.7 Å². The molecule has 0 unspecified atom stereocenters. The van der Waals surface area contributed by atoms with Crippen molar-refractivity contribution in [2.75, 3.05) is 6.54 Å². The molecule has 0 fully saturated rings. The van der Waals surface area contributed by atoms with Crippen LogP contribution in [0.5, 0.6) is 0 Å². The van der Waals surface area contributed by atoms with Gasteiger partial charge >= 0.3 is 0 Å². The lowest BCUT2D eigenvalue weighted by atomic mass is 10.1. The summed E-state index contributed by atoms with van der Waals surface area (Å²) in [7, 11) is 0. The summed E-state index contributed by atoms with van der Waals surface area (Å²) in [6.07, 6.45) is 0.841. The van der Waals surface area contributed by atoms with Crippen LogP contribution in [0, 0.1) is 0 Å². The van der Waals surface area contributed by atoms with Gasteiger partial charge in [-0.3, -0.25) is 9.89 Å². The number of hydrogen-bond acceptors (Lipinski definition) is 2. The standard InChI is InChI=1S/C6H9N3O.2ClH/c10-6-4-1-2-7-3-5(4)8-9-6;;/h7H,1-3H2,(H2,8,9,10);2*1H. The summed E-state index contributed by atoms with van der Waals surface area (Å²) in [5, 5.41) is 8.55. The Labute approximate surface area is 81.9 Å². The van der Waals surface area contributed by atoms with Crippen molar-refractivity contribution in [3.63, 3.8) is 0 Å². The van der Waals surface area contributed by atoms with Crippen molar-refractivity contribution >= 4 is 24.8 Å². The predicted molar refractivity (Wildman–Crippen MR) is 51.3 cm³/mol. The fraction of sp³-hybridized carbons (Fsp3) is 0.500. The number of aromatic amines is 2. The molecule has 0 saturated carbocycles. The van der Waals surface area contributed by atoms with Gasteiger partial charge in [0.2, 0.25) is 0 Å². The predicted octanol–water partition coefficient (Wildman–Crippen LogP) is 0.192. The van der Waals surface area contributed by atoms with Gasteiger partial charge in [0.05, 0.1) is 5.69 Å². The molecule has 0 atom stereocenters. The molecule has 2 rings (SSSR count). The number of nitrogens with one attached hydrogen (secondary N) is 3. The number of hydrogen-bond donors (Lipinski definition) is 3. The van der Waals surface area contributed by atoms with Crippen LogP contribution < -0.4 is 10.9 Å². The molecule has 0 bridgehead atoms. The van der Waals surface area contributed by atoms with Crippen molar-refractivity contribution < 1.29 is 0 Å². The maximum Gasteiger partial charge on any atom is 0.267 e. The minimum absolute atomic E-state index is 0. The summed E-state index contributed by atoms with van der Waals surface area (Å²) in [5.41, 5.74) is 1.96. The summed E-state index contributed by atoms with van der Waals surface area (Å²) in [6.45, 7) is 1.70. The summed E-state index contributed by atoms with van der Waals surface area (Å²) in [4.78, 5) is 10.9. The highest BCUT2D eigenvalue weighted by atomic mass is 35.5. The minimum atomic E-state index is 0. The van der Waals surface area contributed by atoms with E-state index < -0.39 is 0 Å². The molecule has 12 heavy (non-hydrogen) atoms. The van der Waals surface area contributed by atoms with Crippen molar-refractivity contribution in [3.05, 3.63) is 21.6 Å². The monoisotopic (exact) mass is 211 g/mol. The lowest BCUT2D eigenvalue weighted by Gasteiger charge is -2.09. The first-order chi connectivity index (χ1) is 4.88. The average molecular weight is 212 g/mol. The highest BCUT2D eigenvalue weighted by Gasteiger charge is 2.12. The first-order valence-corrected chi connectivity index (χ1v) is 3.37. The van der Waals surface area contributed by atoms with Gasteiger partial charge in [-0.05, 0) is 13.0 Å². The average Bonchev–Trinajstić information content (AvgIpc) is 2.34. The second-order valence-corrected chi connectivity index (χ2v) is 2.46. The fourth-order valence-corrected chi connectivity index (χ4v) is 1.26. The Morgan fingerprint density at radius 2 is 1.92 bits per heavy atom. The van der Waals surface area contributed by atoms with Gasteiger partial charge in [0.15, 0.2) is 0 Å². The molecule has 0 aliphatic carbocycles. The highest BCUT2D eigenvalue weighted by molar-refractivity contribution is 5.85. The molecule has 0 amide bonds. The largest absolute Gasteiger partial charge is 0.311 e. The van der Waals surface area contributed by atoms with Gasteiger partial charge in [-0.25, -0.2) is 0 Å². The van der Waals surface area contributed by atoms with E-state index in [0.29, 0.717) is 0 Å². The third-order valence-corrected chi connectivity index (χ3v) is 1.82. The summed E-state index contributed by atoms with van der Waals surface area (Å²) < 4.78 is 0. The molecular weight excluding hydrogens is 201 g/mol. The Morgan fingerprint density at radius 1 is 1.17 bits per heavy atom. The SMILES string of the molecule is Cl.Cl.O=c1[nH][nH]c2c1CCNC2. The van der Waals surface area contributed by atoms with Gasteiger partial charge in [-0.15, -0.1) is 24.8 Å². The fourth-order valence-electron chi connectivity index (χ4n) is 1.26. The highest BCUT2D eigenvalue weighted by Crippen LogP contribution is 2.03. The Kier molecular flexibility index (Phi) is 4.37. The van der Waals surface area contributed by atoms with E-state index in [1.165, 1.54) is 0 Å². The Balaban J connectivity index is 0.000000605. The molecule has 0 saturated heterocycles. The van der Waals surface area contributed by atoms with Gasteiger partial charge in [0, 0.05) is 12.1 Å². The van der Waals surface area contributed by atoms with Crippen molar-refractivity contribution in [3.8, 4) is 0 Å². The second-order valence-electron chi connectivity index (χ2n) is 2.46. The van der Waals surface area contributed by atoms with Gasteiger partial charge in [0.25, 0.3) is 5.56 Å². The van der Waals surface area contributed by atoms with Gasteiger partial charge in [-0.1, -0.05) is 0 Å². The van der Waals surface area contributed by atoms with Gasteiger partial charge in [0.1, 0.15) is 0 Å². The van der Waals surface area contributed by atoms with Crippen molar-refractivity contribution in [2.24, 2.45) is 0 Å². The molecule has 0 radical (unpaired) electrons. The van der Waals surface area contributed by atoms with Gasteiger partial charge < -0.3 is 10.4 Å². The van der Waals surface area contributed by atoms with E-state index in [2.05, 4.69) is 15.5 Å². The molecule has 1 aromatic heterocycles. The maximum absolute atomic E-state index is 10.9. The summed E-state index contributed by atoms with van der Waals surface area (Å²) >= 11 is 0. The van der Waals surface area contributed by atoms with Crippen LogP contribution in [0.2, 0.25) is 0 Å². The van der Waals surface area contributed by atoms with Crippen LogP contribution in [0.3, 0.4) is 0 Å². The Morgan fingerprint density at radius 3 is 2.58 bits per heavy atom. The molecule has 1 aromatic rings. The topological polar surface area (TPSA) is 60.7 Å². The van der Waals surface area contributed by atoms with Gasteiger partial charge in [-0.2, -0.15) is 0 Å². The zero-order valence-corrected chi connectivity index (χ0v) is 7.98. The number of halogens is 2. The lowest BCUT2D eigenvalue weighted by Crippen LogP contribution is -2.25. The van der Waals surface area contributed by atoms with Crippen LogP contribution in [0.4, 0.5) is 0 Å². The molecule has 0 spiro atoms. The van der Waals surface area contributed by atoms with Crippen molar-refractivity contribution in [1.82, 2.24) is 15.5 Å². The summed E-state index contributed by atoms with van der Waals surface area (Å²) in [5.74, 6) is 0. The van der Waals surface area contributed by atoms with E-state index in [1.807, 2.05) is 0 Å². The first kappa shape index (κ1) is 11.6. The molecule has 1 aliphatic heterocycles. The molecule has 4 nitrogen and oxygen atoms in total. The van der Waals surface area contributed by atoms with E-state index in [0.717, 1.165) is 30.8 Å². The normalized spacial score (nSPS) is 14.0. The van der Waals surface area contributed by atoms with Crippen molar-refractivity contribution in [2.45, 2.75) is 13.0 Å². The zero-order chi connectivity index (χ0) is 6.97. The Bertz CT molecular complexity index is 293. The third kappa shape index (κ3) is 1.83. The molecule has 3 N–H and O–H groups in total. The van der Waals surface area contributed by atoms with Crippen LogP contribution in [-0.2, 0) is 13.0 Å². The molecule has 70 valence electrons. The molecule has 2 heterocycles. The molecule has 6 heteroatoms.